The standard InChI is InChI=1S/C16H22N2O5/c1-5-23-11-8-16(14(21)22,15(11,3)4)18-13(20)10-7-6-9(2)17-12(10)19/h6-7,11H,5,8H2,1-4H3,(H,17,19)(H,18,20)(H,21,22). The third-order valence-corrected chi connectivity index (χ3v) is 4.76. The van der Waals surface area contributed by atoms with E-state index in [9.17, 15) is 19.5 Å². The molecule has 23 heavy (non-hydrogen) atoms. The number of aryl methyl sites for hydroxylation is 1. The summed E-state index contributed by atoms with van der Waals surface area (Å²) in [5, 5.41) is 12.2. The number of aromatic amines is 1. The Balaban J connectivity index is 2.30. The third kappa shape index (κ3) is 2.65. The van der Waals surface area contributed by atoms with Crippen LogP contribution in [0, 0.1) is 12.3 Å². The van der Waals surface area contributed by atoms with Crippen molar-refractivity contribution in [2.75, 3.05) is 6.61 Å². The summed E-state index contributed by atoms with van der Waals surface area (Å²) >= 11 is 0. The molecule has 1 aromatic rings. The lowest BCUT2D eigenvalue weighted by Crippen LogP contribution is -2.76. The molecule has 1 aromatic heterocycles. The molecule has 0 radical (unpaired) electrons. The van der Waals surface area contributed by atoms with Crippen LogP contribution in [0.1, 0.15) is 43.2 Å². The third-order valence-electron chi connectivity index (χ3n) is 4.76. The summed E-state index contributed by atoms with van der Waals surface area (Å²) in [6, 6.07) is 2.99. The van der Waals surface area contributed by atoms with Gasteiger partial charge in [-0.1, -0.05) is 13.8 Å². The molecule has 1 saturated carbocycles. The van der Waals surface area contributed by atoms with Gasteiger partial charge in [-0.05, 0) is 26.0 Å². The monoisotopic (exact) mass is 322 g/mol. The van der Waals surface area contributed by atoms with Crippen molar-refractivity contribution >= 4 is 11.9 Å². The van der Waals surface area contributed by atoms with E-state index in [2.05, 4.69) is 10.3 Å². The molecule has 0 saturated heterocycles. The SMILES string of the molecule is CCOC1CC(NC(=O)c2ccc(C)[nH]c2=O)(C(=O)O)C1(C)C. The molecule has 0 bridgehead atoms. The van der Waals surface area contributed by atoms with E-state index in [0.717, 1.165) is 0 Å². The molecular formula is C16H22N2O5. The number of aromatic nitrogens is 1. The van der Waals surface area contributed by atoms with Gasteiger partial charge in [-0.15, -0.1) is 0 Å². The molecule has 0 spiro atoms. The maximum absolute atomic E-state index is 12.4. The Labute approximate surface area is 134 Å². The first kappa shape index (κ1) is 17.2. The predicted octanol–water partition coefficient (Wildman–Crippen LogP) is 1.07. The van der Waals surface area contributed by atoms with Gasteiger partial charge in [0.1, 0.15) is 11.1 Å². The summed E-state index contributed by atoms with van der Waals surface area (Å²) in [6.07, 6.45) is -0.0983. The van der Waals surface area contributed by atoms with Gasteiger partial charge >= 0.3 is 5.97 Å². The second kappa shape index (κ2) is 5.81. The molecule has 1 fully saturated rings. The fraction of sp³-hybridized carbons (Fsp3) is 0.562. The average molecular weight is 322 g/mol. The maximum atomic E-state index is 12.4. The molecule has 7 heteroatoms. The molecule has 1 aliphatic rings. The number of hydrogen-bond donors (Lipinski definition) is 3. The highest BCUT2D eigenvalue weighted by Crippen LogP contribution is 2.51. The van der Waals surface area contributed by atoms with E-state index in [1.54, 1.807) is 26.8 Å². The lowest BCUT2D eigenvalue weighted by Gasteiger charge is -2.58. The van der Waals surface area contributed by atoms with Gasteiger partial charge in [-0.2, -0.15) is 0 Å². The van der Waals surface area contributed by atoms with E-state index in [4.69, 9.17) is 4.74 Å². The van der Waals surface area contributed by atoms with E-state index in [0.29, 0.717) is 12.3 Å². The van der Waals surface area contributed by atoms with Gasteiger partial charge in [-0.3, -0.25) is 9.59 Å². The number of carbonyl (C=O) groups is 2. The number of carbonyl (C=O) groups excluding carboxylic acids is 1. The van der Waals surface area contributed by atoms with Crippen LogP contribution in [-0.4, -0.2) is 40.2 Å². The number of H-pyrrole nitrogens is 1. The van der Waals surface area contributed by atoms with Crippen LogP contribution in [-0.2, 0) is 9.53 Å². The van der Waals surface area contributed by atoms with Crippen LogP contribution in [0.3, 0.4) is 0 Å². The number of carboxylic acid groups (broad SMARTS) is 1. The molecule has 126 valence electrons. The number of rotatable bonds is 5. The number of aliphatic carboxylic acids is 1. The van der Waals surface area contributed by atoms with Gasteiger partial charge < -0.3 is 20.1 Å². The number of carboxylic acids is 1. The lowest BCUT2D eigenvalue weighted by atomic mass is 9.54. The normalized spacial score (nSPS) is 25.5. The Kier molecular flexibility index (Phi) is 4.34. The summed E-state index contributed by atoms with van der Waals surface area (Å²) in [6.45, 7) is 7.48. The summed E-state index contributed by atoms with van der Waals surface area (Å²) in [7, 11) is 0. The van der Waals surface area contributed by atoms with Gasteiger partial charge in [0.05, 0.1) is 6.10 Å². The lowest BCUT2D eigenvalue weighted by molar-refractivity contribution is -0.190. The van der Waals surface area contributed by atoms with Crippen LogP contribution in [0.5, 0.6) is 0 Å². The van der Waals surface area contributed by atoms with E-state index in [1.807, 2.05) is 6.92 Å². The zero-order valence-corrected chi connectivity index (χ0v) is 13.7. The van der Waals surface area contributed by atoms with Crippen LogP contribution in [0.15, 0.2) is 16.9 Å². The summed E-state index contributed by atoms with van der Waals surface area (Å²) in [5.41, 5.74) is -2.27. The predicted molar refractivity (Wildman–Crippen MR) is 83.4 cm³/mol. The number of hydrogen-bond acceptors (Lipinski definition) is 4. The molecular weight excluding hydrogens is 300 g/mol. The Morgan fingerprint density at radius 1 is 1.43 bits per heavy atom. The molecule has 2 unspecified atom stereocenters. The van der Waals surface area contributed by atoms with E-state index >= 15 is 0 Å². The first-order valence-electron chi connectivity index (χ1n) is 7.53. The minimum Gasteiger partial charge on any atom is -0.479 e. The zero-order chi connectivity index (χ0) is 17.4. The molecule has 1 aliphatic carbocycles. The zero-order valence-electron chi connectivity index (χ0n) is 13.7. The molecule has 1 amide bonds. The van der Waals surface area contributed by atoms with Gasteiger partial charge in [0.2, 0.25) is 0 Å². The minimum atomic E-state index is -1.46. The van der Waals surface area contributed by atoms with Crippen molar-refractivity contribution < 1.29 is 19.4 Å². The van der Waals surface area contributed by atoms with Crippen molar-refractivity contribution in [2.45, 2.75) is 45.8 Å². The second-order valence-corrected chi connectivity index (χ2v) is 6.42. The highest BCUT2D eigenvalue weighted by Gasteiger charge is 2.66. The molecule has 0 aromatic carbocycles. The Bertz CT molecular complexity index is 694. The maximum Gasteiger partial charge on any atom is 0.330 e. The van der Waals surface area contributed by atoms with Gasteiger partial charge in [-0.25, -0.2) is 4.79 Å². The van der Waals surface area contributed by atoms with Crippen LogP contribution in [0.25, 0.3) is 0 Å². The van der Waals surface area contributed by atoms with Crippen molar-refractivity contribution in [3.05, 3.63) is 33.7 Å². The number of nitrogens with one attached hydrogen (secondary N) is 2. The van der Waals surface area contributed by atoms with Crippen LogP contribution < -0.4 is 10.9 Å². The minimum absolute atomic E-state index is 0.105. The molecule has 1 heterocycles. The number of ether oxygens (including phenoxy) is 1. The molecule has 2 atom stereocenters. The van der Waals surface area contributed by atoms with Crippen LogP contribution in [0.2, 0.25) is 0 Å². The molecule has 2 rings (SSSR count). The number of pyridine rings is 1. The first-order chi connectivity index (χ1) is 10.7. The van der Waals surface area contributed by atoms with Gasteiger partial charge in [0, 0.05) is 24.1 Å². The highest BCUT2D eigenvalue weighted by molar-refractivity contribution is 5.98. The van der Waals surface area contributed by atoms with E-state index < -0.39 is 28.4 Å². The summed E-state index contributed by atoms with van der Waals surface area (Å²) < 4.78 is 5.54. The Morgan fingerprint density at radius 2 is 2.09 bits per heavy atom. The highest BCUT2D eigenvalue weighted by atomic mass is 16.5. The first-order valence-corrected chi connectivity index (χ1v) is 7.53. The average Bonchev–Trinajstić information content (AvgIpc) is 2.45. The Hall–Kier alpha value is -2.15. The topological polar surface area (TPSA) is 108 Å². The van der Waals surface area contributed by atoms with Crippen molar-refractivity contribution in [1.82, 2.24) is 10.3 Å². The van der Waals surface area contributed by atoms with Crippen molar-refractivity contribution in [3.63, 3.8) is 0 Å². The van der Waals surface area contributed by atoms with Gasteiger partial charge in [0.25, 0.3) is 11.5 Å². The summed E-state index contributed by atoms with van der Waals surface area (Å²) in [4.78, 5) is 38.6. The van der Waals surface area contributed by atoms with E-state index in [-0.39, 0.29) is 18.1 Å². The Morgan fingerprint density at radius 3 is 2.57 bits per heavy atom. The van der Waals surface area contributed by atoms with Crippen LogP contribution in [0.4, 0.5) is 0 Å². The molecule has 3 N–H and O–H groups in total. The second-order valence-electron chi connectivity index (χ2n) is 6.42. The molecule has 0 aliphatic heterocycles. The number of amides is 1. The van der Waals surface area contributed by atoms with Crippen molar-refractivity contribution in [3.8, 4) is 0 Å². The fourth-order valence-electron chi connectivity index (χ4n) is 3.05. The van der Waals surface area contributed by atoms with Crippen molar-refractivity contribution in [1.29, 1.82) is 0 Å². The molecule has 7 nitrogen and oxygen atoms in total. The fourth-order valence-corrected chi connectivity index (χ4v) is 3.05. The van der Waals surface area contributed by atoms with Crippen LogP contribution >= 0.6 is 0 Å². The van der Waals surface area contributed by atoms with Crippen molar-refractivity contribution in [2.24, 2.45) is 5.41 Å². The van der Waals surface area contributed by atoms with Gasteiger partial charge in [0.15, 0.2) is 0 Å². The summed E-state index contributed by atoms with van der Waals surface area (Å²) in [5.74, 6) is -1.83. The smallest absolute Gasteiger partial charge is 0.330 e. The largest absolute Gasteiger partial charge is 0.479 e. The van der Waals surface area contributed by atoms with E-state index in [1.165, 1.54) is 6.07 Å². The quantitative estimate of drug-likeness (QED) is 0.751.